The van der Waals surface area contributed by atoms with Crippen molar-refractivity contribution in [3.63, 3.8) is 0 Å². The van der Waals surface area contributed by atoms with Crippen LogP contribution in [0.25, 0.3) is 0 Å². The van der Waals surface area contributed by atoms with Gasteiger partial charge in [0.2, 0.25) is 0 Å². The van der Waals surface area contributed by atoms with Crippen LogP contribution in [0.1, 0.15) is 11.4 Å². The minimum atomic E-state index is 0.804. The molecule has 17 heavy (non-hydrogen) atoms. The van der Waals surface area contributed by atoms with E-state index in [0.29, 0.717) is 0 Å². The van der Waals surface area contributed by atoms with Crippen LogP contribution in [0.3, 0.4) is 0 Å². The summed E-state index contributed by atoms with van der Waals surface area (Å²) in [5.74, 6) is 1.77. The van der Waals surface area contributed by atoms with Gasteiger partial charge in [-0.05, 0) is 37.1 Å². The smallest absolute Gasteiger partial charge is 0.131 e. The molecule has 0 aliphatic carbocycles. The van der Waals surface area contributed by atoms with E-state index < -0.39 is 0 Å². The zero-order valence-electron chi connectivity index (χ0n) is 10.2. The second-order valence-electron chi connectivity index (χ2n) is 3.99. The van der Waals surface area contributed by atoms with Gasteiger partial charge in [0.1, 0.15) is 11.6 Å². The molecule has 0 N–H and O–H groups in total. The SMILES string of the molecule is Cc1nccc(N(C)CCc2ccncc2)n1. The molecule has 0 aromatic carbocycles. The van der Waals surface area contributed by atoms with Crippen LogP contribution in [0.4, 0.5) is 5.82 Å². The maximum atomic E-state index is 4.39. The number of likely N-dealkylation sites (N-methyl/N-ethyl adjacent to an activating group) is 1. The molecule has 2 aromatic heterocycles. The third-order valence-electron chi connectivity index (χ3n) is 2.64. The Morgan fingerprint density at radius 1 is 1.12 bits per heavy atom. The van der Waals surface area contributed by atoms with Crippen LogP contribution in [0.15, 0.2) is 36.8 Å². The van der Waals surface area contributed by atoms with Gasteiger partial charge in [-0.3, -0.25) is 4.98 Å². The molecule has 0 spiro atoms. The first-order chi connectivity index (χ1) is 8.25. The zero-order valence-corrected chi connectivity index (χ0v) is 10.2. The van der Waals surface area contributed by atoms with Gasteiger partial charge >= 0.3 is 0 Å². The van der Waals surface area contributed by atoms with Gasteiger partial charge in [0, 0.05) is 32.2 Å². The number of anilines is 1. The van der Waals surface area contributed by atoms with Crippen LogP contribution in [0.5, 0.6) is 0 Å². The predicted molar refractivity (Wildman–Crippen MR) is 68.0 cm³/mol. The Morgan fingerprint density at radius 2 is 1.88 bits per heavy atom. The van der Waals surface area contributed by atoms with Gasteiger partial charge in [0.05, 0.1) is 0 Å². The van der Waals surface area contributed by atoms with Gasteiger partial charge in [-0.1, -0.05) is 0 Å². The van der Waals surface area contributed by atoms with E-state index in [1.54, 1.807) is 6.20 Å². The number of hydrogen-bond acceptors (Lipinski definition) is 4. The third kappa shape index (κ3) is 3.24. The quantitative estimate of drug-likeness (QED) is 0.801. The molecule has 0 unspecified atom stereocenters. The van der Waals surface area contributed by atoms with Crippen molar-refractivity contribution in [2.45, 2.75) is 13.3 Å². The van der Waals surface area contributed by atoms with Crippen molar-refractivity contribution in [3.8, 4) is 0 Å². The van der Waals surface area contributed by atoms with E-state index >= 15 is 0 Å². The maximum Gasteiger partial charge on any atom is 0.131 e. The summed E-state index contributed by atoms with van der Waals surface area (Å²) in [6.45, 7) is 2.83. The molecule has 0 aliphatic heterocycles. The predicted octanol–water partition coefficient (Wildman–Crippen LogP) is 1.86. The van der Waals surface area contributed by atoms with Crippen molar-refractivity contribution < 1.29 is 0 Å². The second kappa shape index (κ2) is 5.39. The van der Waals surface area contributed by atoms with Crippen molar-refractivity contribution in [3.05, 3.63) is 48.2 Å². The topological polar surface area (TPSA) is 41.9 Å². The first-order valence-corrected chi connectivity index (χ1v) is 5.65. The van der Waals surface area contributed by atoms with E-state index in [4.69, 9.17) is 0 Å². The monoisotopic (exact) mass is 228 g/mol. The van der Waals surface area contributed by atoms with E-state index in [2.05, 4.69) is 19.9 Å². The van der Waals surface area contributed by atoms with E-state index in [1.807, 2.05) is 44.6 Å². The summed E-state index contributed by atoms with van der Waals surface area (Å²) in [6.07, 6.45) is 6.43. The number of aryl methyl sites for hydroxylation is 1. The summed E-state index contributed by atoms with van der Waals surface area (Å²) >= 11 is 0. The summed E-state index contributed by atoms with van der Waals surface area (Å²) in [6, 6.07) is 6.01. The van der Waals surface area contributed by atoms with E-state index in [9.17, 15) is 0 Å². The lowest BCUT2D eigenvalue weighted by Gasteiger charge is -2.18. The molecule has 2 rings (SSSR count). The molecule has 4 heteroatoms. The highest BCUT2D eigenvalue weighted by atomic mass is 15.2. The van der Waals surface area contributed by atoms with Crippen molar-refractivity contribution in [1.82, 2.24) is 15.0 Å². The zero-order chi connectivity index (χ0) is 12.1. The Hall–Kier alpha value is -1.97. The number of rotatable bonds is 4. The molecule has 2 heterocycles. The molecule has 0 saturated heterocycles. The normalized spacial score (nSPS) is 10.2. The van der Waals surface area contributed by atoms with Gasteiger partial charge in [0.15, 0.2) is 0 Å². The van der Waals surface area contributed by atoms with Crippen molar-refractivity contribution in [2.75, 3.05) is 18.5 Å². The number of nitrogens with zero attached hydrogens (tertiary/aromatic N) is 4. The van der Waals surface area contributed by atoms with Crippen molar-refractivity contribution in [2.24, 2.45) is 0 Å². The fraction of sp³-hybridized carbons (Fsp3) is 0.308. The summed E-state index contributed by atoms with van der Waals surface area (Å²) < 4.78 is 0. The van der Waals surface area contributed by atoms with Crippen molar-refractivity contribution >= 4 is 5.82 Å². The first kappa shape index (κ1) is 11.5. The molecule has 0 bridgehead atoms. The summed E-state index contributed by atoms with van der Waals surface area (Å²) in [4.78, 5) is 14.6. The molecule has 0 radical (unpaired) electrons. The highest BCUT2D eigenvalue weighted by Gasteiger charge is 2.02. The molecule has 0 aliphatic rings. The van der Waals surface area contributed by atoms with Gasteiger partial charge in [0.25, 0.3) is 0 Å². The highest BCUT2D eigenvalue weighted by molar-refractivity contribution is 5.36. The first-order valence-electron chi connectivity index (χ1n) is 5.65. The van der Waals surface area contributed by atoms with Gasteiger partial charge in [-0.15, -0.1) is 0 Å². The highest BCUT2D eigenvalue weighted by Crippen LogP contribution is 2.08. The Labute approximate surface area is 101 Å². The Balaban J connectivity index is 1.96. The van der Waals surface area contributed by atoms with Crippen LogP contribution in [-0.2, 0) is 6.42 Å². The standard InChI is InChI=1S/C13H16N4/c1-11-15-9-5-13(16-11)17(2)10-6-12-3-7-14-8-4-12/h3-5,7-9H,6,10H2,1-2H3. The Morgan fingerprint density at radius 3 is 2.59 bits per heavy atom. The molecule has 0 atom stereocenters. The maximum absolute atomic E-state index is 4.39. The lowest BCUT2D eigenvalue weighted by atomic mass is 10.2. The second-order valence-corrected chi connectivity index (χ2v) is 3.99. The van der Waals surface area contributed by atoms with E-state index in [-0.39, 0.29) is 0 Å². The van der Waals surface area contributed by atoms with Gasteiger partial charge in [-0.2, -0.15) is 0 Å². The Kier molecular flexibility index (Phi) is 3.65. The molecular weight excluding hydrogens is 212 g/mol. The van der Waals surface area contributed by atoms with Gasteiger partial charge < -0.3 is 4.90 Å². The summed E-state index contributed by atoms with van der Waals surface area (Å²) in [5.41, 5.74) is 1.29. The number of pyridine rings is 1. The summed E-state index contributed by atoms with van der Waals surface area (Å²) in [5, 5.41) is 0. The fourth-order valence-electron chi connectivity index (χ4n) is 1.62. The lowest BCUT2D eigenvalue weighted by Crippen LogP contribution is -2.21. The Bertz CT molecular complexity index is 470. The molecule has 0 amide bonds. The minimum Gasteiger partial charge on any atom is -0.359 e. The molecular formula is C13H16N4. The molecule has 88 valence electrons. The largest absolute Gasteiger partial charge is 0.359 e. The van der Waals surface area contributed by atoms with Crippen LogP contribution in [0, 0.1) is 6.92 Å². The molecule has 0 fully saturated rings. The molecule has 0 saturated carbocycles. The third-order valence-corrected chi connectivity index (χ3v) is 2.64. The fourth-order valence-corrected chi connectivity index (χ4v) is 1.62. The van der Waals surface area contributed by atoms with E-state index in [0.717, 1.165) is 24.6 Å². The summed E-state index contributed by atoms with van der Waals surface area (Å²) in [7, 11) is 2.04. The van der Waals surface area contributed by atoms with Crippen LogP contribution >= 0.6 is 0 Å². The molecule has 4 nitrogen and oxygen atoms in total. The number of aromatic nitrogens is 3. The van der Waals surface area contributed by atoms with Gasteiger partial charge in [-0.25, -0.2) is 9.97 Å². The van der Waals surface area contributed by atoms with Crippen LogP contribution in [0.2, 0.25) is 0 Å². The lowest BCUT2D eigenvalue weighted by molar-refractivity contribution is 0.847. The number of hydrogen-bond donors (Lipinski definition) is 0. The van der Waals surface area contributed by atoms with Crippen LogP contribution in [-0.4, -0.2) is 28.5 Å². The van der Waals surface area contributed by atoms with E-state index in [1.165, 1.54) is 5.56 Å². The molecule has 2 aromatic rings. The van der Waals surface area contributed by atoms with Crippen molar-refractivity contribution in [1.29, 1.82) is 0 Å². The van der Waals surface area contributed by atoms with Crippen LogP contribution < -0.4 is 4.90 Å². The average Bonchev–Trinajstić information content (AvgIpc) is 2.37. The minimum absolute atomic E-state index is 0.804. The average molecular weight is 228 g/mol.